The van der Waals surface area contributed by atoms with Gasteiger partial charge in [0.15, 0.2) is 5.76 Å². The molecule has 0 saturated carbocycles. The Morgan fingerprint density at radius 3 is 2.41 bits per heavy atom. The molecule has 1 N–H and O–H groups in total. The molecule has 0 radical (unpaired) electrons. The maximum absolute atomic E-state index is 13.0. The number of rotatable bonds is 6. The van der Waals surface area contributed by atoms with E-state index in [0.717, 1.165) is 0 Å². The largest absolute Gasteiger partial charge is 0.497 e. The molecule has 4 rings (SSSR count). The highest BCUT2D eigenvalue weighted by molar-refractivity contribution is 6.35. The zero-order chi connectivity index (χ0) is 22.7. The van der Waals surface area contributed by atoms with Crippen molar-refractivity contribution in [3.63, 3.8) is 0 Å². The fourth-order valence-corrected chi connectivity index (χ4v) is 3.74. The van der Waals surface area contributed by atoms with Gasteiger partial charge < -0.3 is 19.2 Å². The minimum atomic E-state index is -0.347. The molecule has 1 heterocycles. The first-order valence-electron chi connectivity index (χ1n) is 9.53. The summed E-state index contributed by atoms with van der Waals surface area (Å²) in [7, 11) is 3.15. The maximum Gasteiger partial charge on any atom is 0.256 e. The summed E-state index contributed by atoms with van der Waals surface area (Å²) in [4.78, 5) is 17.4. The molecule has 0 saturated heterocycles. The molecule has 8 heteroatoms. The van der Waals surface area contributed by atoms with Crippen LogP contribution in [0.5, 0.6) is 11.5 Å². The van der Waals surface area contributed by atoms with E-state index in [1.165, 1.54) is 0 Å². The van der Waals surface area contributed by atoms with Gasteiger partial charge in [0.25, 0.3) is 5.91 Å². The van der Waals surface area contributed by atoms with E-state index in [9.17, 15) is 4.79 Å². The van der Waals surface area contributed by atoms with Gasteiger partial charge in [-0.3, -0.25) is 4.79 Å². The highest BCUT2D eigenvalue weighted by Gasteiger charge is 2.19. The van der Waals surface area contributed by atoms with Crippen molar-refractivity contribution < 1.29 is 18.7 Å². The van der Waals surface area contributed by atoms with Crippen LogP contribution < -0.4 is 14.8 Å². The van der Waals surface area contributed by atoms with Crippen LogP contribution in [0.1, 0.15) is 10.4 Å². The van der Waals surface area contributed by atoms with Crippen LogP contribution in [-0.2, 0) is 0 Å². The molecule has 4 aromatic rings. The van der Waals surface area contributed by atoms with Crippen LogP contribution in [0.25, 0.3) is 22.8 Å². The molecule has 0 aliphatic carbocycles. The van der Waals surface area contributed by atoms with Gasteiger partial charge in [0.2, 0.25) is 5.89 Å². The van der Waals surface area contributed by atoms with Crippen LogP contribution in [0.3, 0.4) is 0 Å². The number of hydrogen-bond acceptors (Lipinski definition) is 5. The van der Waals surface area contributed by atoms with E-state index in [-0.39, 0.29) is 5.91 Å². The van der Waals surface area contributed by atoms with Crippen molar-refractivity contribution in [2.45, 2.75) is 0 Å². The quantitative estimate of drug-likeness (QED) is 0.345. The standard InChI is InChI=1S/C24H18Cl2N2O4/c1-30-17-7-8-20(21(12-17)31-2)22-13-27-24(32-22)19-6-4-3-5-18(19)23(29)28-16-10-14(25)9-15(26)11-16/h3-13H,1-2H3,(H,28,29). The summed E-state index contributed by atoms with van der Waals surface area (Å²) in [6, 6.07) is 17.2. The van der Waals surface area contributed by atoms with Crippen molar-refractivity contribution >= 4 is 34.8 Å². The zero-order valence-corrected chi connectivity index (χ0v) is 18.7. The van der Waals surface area contributed by atoms with Crippen molar-refractivity contribution in [1.29, 1.82) is 0 Å². The topological polar surface area (TPSA) is 73.6 Å². The Kier molecular flexibility index (Phi) is 6.35. The van der Waals surface area contributed by atoms with E-state index in [1.54, 1.807) is 75.0 Å². The predicted molar refractivity (Wildman–Crippen MR) is 125 cm³/mol. The van der Waals surface area contributed by atoms with Gasteiger partial charge in [-0.05, 0) is 42.5 Å². The first kappa shape index (κ1) is 21.7. The summed E-state index contributed by atoms with van der Waals surface area (Å²) in [5.41, 5.74) is 2.12. The highest BCUT2D eigenvalue weighted by Crippen LogP contribution is 2.36. The summed E-state index contributed by atoms with van der Waals surface area (Å²) in [6.45, 7) is 0. The third kappa shape index (κ3) is 4.56. The number of benzene rings is 3. The Morgan fingerprint density at radius 1 is 0.938 bits per heavy atom. The number of carbonyl (C=O) groups is 1. The average Bonchev–Trinajstić information content (AvgIpc) is 3.27. The van der Waals surface area contributed by atoms with Gasteiger partial charge in [0.05, 0.1) is 31.5 Å². The molecular weight excluding hydrogens is 451 g/mol. The van der Waals surface area contributed by atoms with Crippen molar-refractivity contribution in [1.82, 2.24) is 4.98 Å². The molecule has 0 aliphatic heterocycles. The van der Waals surface area contributed by atoms with E-state index < -0.39 is 0 Å². The number of nitrogens with one attached hydrogen (secondary N) is 1. The molecule has 0 unspecified atom stereocenters. The van der Waals surface area contributed by atoms with Gasteiger partial charge in [-0.25, -0.2) is 4.98 Å². The summed E-state index contributed by atoms with van der Waals surface area (Å²) in [6.07, 6.45) is 1.59. The maximum atomic E-state index is 13.0. The fraction of sp³-hybridized carbons (Fsp3) is 0.0833. The molecule has 0 fully saturated rings. The molecule has 1 amide bonds. The van der Waals surface area contributed by atoms with Gasteiger partial charge in [-0.1, -0.05) is 35.3 Å². The van der Waals surface area contributed by atoms with Gasteiger partial charge >= 0.3 is 0 Å². The van der Waals surface area contributed by atoms with E-state index in [1.807, 2.05) is 6.07 Å². The molecule has 1 aromatic heterocycles. The molecule has 6 nitrogen and oxygen atoms in total. The molecule has 32 heavy (non-hydrogen) atoms. The van der Waals surface area contributed by atoms with Crippen LogP contribution in [-0.4, -0.2) is 25.1 Å². The number of anilines is 1. The number of carbonyl (C=O) groups excluding carboxylic acids is 1. The number of amides is 1. The number of ether oxygens (including phenoxy) is 2. The lowest BCUT2D eigenvalue weighted by molar-refractivity contribution is 0.102. The molecule has 162 valence electrons. The molecule has 0 atom stereocenters. The molecular formula is C24H18Cl2N2O4. The third-order valence-corrected chi connectivity index (χ3v) is 5.14. The van der Waals surface area contributed by atoms with E-state index >= 15 is 0 Å². The van der Waals surface area contributed by atoms with Crippen LogP contribution in [0, 0.1) is 0 Å². The van der Waals surface area contributed by atoms with Crippen LogP contribution in [0.2, 0.25) is 10.0 Å². The number of oxazole rings is 1. The summed E-state index contributed by atoms with van der Waals surface area (Å²) >= 11 is 12.1. The first-order chi connectivity index (χ1) is 15.5. The number of methoxy groups -OCH3 is 2. The van der Waals surface area contributed by atoms with Crippen LogP contribution in [0.15, 0.2) is 71.3 Å². The van der Waals surface area contributed by atoms with Gasteiger partial charge in [-0.2, -0.15) is 0 Å². The zero-order valence-electron chi connectivity index (χ0n) is 17.2. The minimum absolute atomic E-state index is 0.299. The molecule has 3 aromatic carbocycles. The number of hydrogen-bond donors (Lipinski definition) is 1. The second-order valence-corrected chi connectivity index (χ2v) is 7.63. The number of aromatic nitrogens is 1. The Labute approximate surface area is 194 Å². The number of halogens is 2. The van der Waals surface area contributed by atoms with Crippen molar-refractivity contribution in [3.8, 4) is 34.3 Å². The Morgan fingerprint density at radius 2 is 1.69 bits per heavy atom. The summed E-state index contributed by atoms with van der Waals surface area (Å²) < 4.78 is 16.7. The minimum Gasteiger partial charge on any atom is -0.497 e. The van der Waals surface area contributed by atoms with Crippen molar-refractivity contribution in [2.24, 2.45) is 0 Å². The smallest absolute Gasteiger partial charge is 0.256 e. The van der Waals surface area contributed by atoms with E-state index in [2.05, 4.69) is 10.3 Å². The molecule has 0 bridgehead atoms. The molecule has 0 aliphatic rings. The number of nitrogens with zero attached hydrogens (tertiary/aromatic N) is 1. The van der Waals surface area contributed by atoms with Gasteiger partial charge in [0, 0.05) is 27.4 Å². The second-order valence-electron chi connectivity index (χ2n) is 6.75. The summed E-state index contributed by atoms with van der Waals surface area (Å²) in [5, 5.41) is 3.65. The van der Waals surface area contributed by atoms with Gasteiger partial charge in [0.1, 0.15) is 11.5 Å². The van der Waals surface area contributed by atoms with Crippen LogP contribution >= 0.6 is 23.2 Å². The average molecular weight is 469 g/mol. The third-order valence-electron chi connectivity index (χ3n) is 4.70. The van der Waals surface area contributed by atoms with Crippen molar-refractivity contribution in [2.75, 3.05) is 19.5 Å². The lowest BCUT2D eigenvalue weighted by atomic mass is 10.1. The Bertz CT molecular complexity index is 1270. The fourth-order valence-electron chi connectivity index (χ4n) is 3.22. The van der Waals surface area contributed by atoms with Gasteiger partial charge in [-0.15, -0.1) is 0 Å². The first-order valence-corrected chi connectivity index (χ1v) is 10.3. The van der Waals surface area contributed by atoms with Crippen molar-refractivity contribution in [3.05, 3.63) is 82.5 Å². The monoisotopic (exact) mass is 468 g/mol. The SMILES string of the molecule is COc1ccc(-c2cnc(-c3ccccc3C(=O)Nc3cc(Cl)cc(Cl)c3)o2)c(OC)c1. The predicted octanol–water partition coefficient (Wildman–Crippen LogP) is 6.58. The Hall–Kier alpha value is -3.48. The lowest BCUT2D eigenvalue weighted by Crippen LogP contribution is -2.13. The summed E-state index contributed by atoms with van der Waals surface area (Å²) in [5.74, 6) is 1.69. The highest BCUT2D eigenvalue weighted by atomic mass is 35.5. The van der Waals surface area contributed by atoms with Crippen LogP contribution in [0.4, 0.5) is 5.69 Å². The lowest BCUT2D eigenvalue weighted by Gasteiger charge is -2.09. The normalized spacial score (nSPS) is 10.6. The second kappa shape index (κ2) is 9.34. The molecule has 0 spiro atoms. The van der Waals surface area contributed by atoms with E-state index in [4.69, 9.17) is 37.1 Å². The van der Waals surface area contributed by atoms with E-state index in [0.29, 0.717) is 55.6 Å². The Balaban J connectivity index is 1.67.